The van der Waals surface area contributed by atoms with Crippen LogP contribution in [-0.4, -0.2) is 31.3 Å². The number of carbonyl (C=O) groups is 1. The number of nitrogens with zero attached hydrogens (tertiary/aromatic N) is 2. The maximum absolute atomic E-state index is 11.3. The van der Waals surface area contributed by atoms with E-state index in [1.807, 2.05) is 48.5 Å². The molecule has 0 unspecified atom stereocenters. The first-order valence-corrected chi connectivity index (χ1v) is 9.04. The van der Waals surface area contributed by atoms with Crippen LogP contribution in [0.4, 0.5) is 0 Å². The van der Waals surface area contributed by atoms with Gasteiger partial charge in [0.2, 0.25) is 0 Å². The number of fused-ring (bicyclic) bond motifs is 1. The van der Waals surface area contributed by atoms with Crippen molar-refractivity contribution in [3.05, 3.63) is 83.4 Å². The topological polar surface area (TPSA) is 104 Å². The van der Waals surface area contributed by atoms with Crippen LogP contribution in [0.25, 0.3) is 33.5 Å². The Hall–Kier alpha value is -3.61. The second-order valence-electron chi connectivity index (χ2n) is 6.64. The maximum atomic E-state index is 11.3. The van der Waals surface area contributed by atoms with Gasteiger partial charge in [0.05, 0.1) is 41.2 Å². The van der Waals surface area contributed by atoms with Crippen molar-refractivity contribution in [3.63, 3.8) is 0 Å². The van der Waals surface area contributed by atoms with E-state index < -0.39 is 5.97 Å². The third kappa shape index (κ3) is 3.71. The van der Waals surface area contributed by atoms with Crippen molar-refractivity contribution in [1.82, 2.24) is 9.97 Å². The van der Waals surface area contributed by atoms with Crippen molar-refractivity contribution in [1.29, 1.82) is 0 Å². The molecule has 0 saturated heterocycles. The van der Waals surface area contributed by atoms with E-state index in [-0.39, 0.29) is 18.8 Å². The fourth-order valence-corrected chi connectivity index (χ4v) is 3.13. The number of rotatable bonds is 5. The molecule has 0 spiro atoms. The molecular formula is C23H18N2O4. The van der Waals surface area contributed by atoms with Gasteiger partial charge in [0.25, 0.3) is 0 Å². The molecule has 0 bridgehead atoms. The maximum Gasteiger partial charge on any atom is 0.335 e. The van der Waals surface area contributed by atoms with E-state index in [1.165, 1.54) is 12.1 Å². The van der Waals surface area contributed by atoms with Gasteiger partial charge >= 0.3 is 5.97 Å². The van der Waals surface area contributed by atoms with Crippen LogP contribution < -0.4 is 0 Å². The van der Waals surface area contributed by atoms with Gasteiger partial charge in [-0.15, -0.1) is 0 Å². The normalized spacial score (nSPS) is 11.0. The minimum Gasteiger partial charge on any atom is -0.478 e. The SMILES string of the molecule is O=C(O)c1ccc2nc(-c3ccc(CO)cc3)c(-c3ccc(CO)cc3)nc2c1. The molecule has 0 saturated carbocycles. The van der Waals surface area contributed by atoms with Gasteiger partial charge in [0, 0.05) is 11.1 Å². The first-order chi connectivity index (χ1) is 14.1. The van der Waals surface area contributed by atoms with E-state index in [9.17, 15) is 20.1 Å². The van der Waals surface area contributed by atoms with Crippen LogP contribution in [0.5, 0.6) is 0 Å². The third-order valence-corrected chi connectivity index (χ3v) is 4.73. The van der Waals surface area contributed by atoms with Gasteiger partial charge in [0.1, 0.15) is 0 Å². The number of benzene rings is 3. The second kappa shape index (κ2) is 7.79. The van der Waals surface area contributed by atoms with Crippen LogP contribution in [0.3, 0.4) is 0 Å². The Morgan fingerprint density at radius 2 is 1.17 bits per heavy atom. The highest BCUT2D eigenvalue weighted by atomic mass is 16.4. The molecule has 144 valence electrons. The highest BCUT2D eigenvalue weighted by Gasteiger charge is 2.15. The second-order valence-corrected chi connectivity index (χ2v) is 6.64. The molecule has 29 heavy (non-hydrogen) atoms. The minimum absolute atomic E-state index is 0.0445. The summed E-state index contributed by atoms with van der Waals surface area (Å²) in [5.41, 5.74) is 5.70. The standard InChI is InChI=1S/C23H18N2O4/c26-12-14-1-5-16(6-2-14)21-22(17-7-3-15(13-27)4-8-17)25-20-11-18(23(28)29)9-10-19(20)24-21/h1-11,26-27H,12-13H2,(H,28,29). The molecule has 0 aliphatic carbocycles. The molecule has 0 aliphatic heterocycles. The van der Waals surface area contributed by atoms with E-state index in [0.717, 1.165) is 22.3 Å². The molecule has 0 fully saturated rings. The van der Waals surface area contributed by atoms with Crippen molar-refractivity contribution in [2.75, 3.05) is 0 Å². The third-order valence-electron chi connectivity index (χ3n) is 4.73. The summed E-state index contributed by atoms with van der Waals surface area (Å²) >= 11 is 0. The Morgan fingerprint density at radius 3 is 1.62 bits per heavy atom. The van der Waals surface area contributed by atoms with Crippen LogP contribution in [0.1, 0.15) is 21.5 Å². The number of aromatic nitrogens is 2. The van der Waals surface area contributed by atoms with Crippen molar-refractivity contribution >= 4 is 17.0 Å². The molecule has 4 rings (SSSR count). The Balaban J connectivity index is 1.94. The summed E-state index contributed by atoms with van der Waals surface area (Å²) in [7, 11) is 0. The van der Waals surface area contributed by atoms with E-state index in [4.69, 9.17) is 9.97 Å². The van der Waals surface area contributed by atoms with E-state index in [1.54, 1.807) is 6.07 Å². The zero-order chi connectivity index (χ0) is 20.4. The van der Waals surface area contributed by atoms with Crippen molar-refractivity contribution < 1.29 is 20.1 Å². The van der Waals surface area contributed by atoms with Gasteiger partial charge in [-0.25, -0.2) is 14.8 Å². The molecule has 6 nitrogen and oxygen atoms in total. The number of aliphatic hydroxyl groups excluding tert-OH is 2. The Kier molecular flexibility index (Phi) is 5.03. The summed E-state index contributed by atoms with van der Waals surface area (Å²) in [5.74, 6) is -1.02. The van der Waals surface area contributed by atoms with E-state index in [2.05, 4.69) is 0 Å². The first-order valence-electron chi connectivity index (χ1n) is 9.04. The average Bonchev–Trinajstić information content (AvgIpc) is 2.78. The van der Waals surface area contributed by atoms with Crippen molar-refractivity contribution in [3.8, 4) is 22.5 Å². The zero-order valence-corrected chi connectivity index (χ0v) is 15.4. The van der Waals surface area contributed by atoms with E-state index in [0.29, 0.717) is 22.4 Å². The predicted octanol–water partition coefficient (Wildman–Crippen LogP) is 3.65. The lowest BCUT2D eigenvalue weighted by molar-refractivity contribution is 0.0697. The lowest BCUT2D eigenvalue weighted by Gasteiger charge is -2.12. The molecule has 3 aromatic carbocycles. The Labute approximate surface area is 166 Å². The smallest absolute Gasteiger partial charge is 0.335 e. The Bertz CT molecular complexity index is 1190. The lowest BCUT2D eigenvalue weighted by Crippen LogP contribution is -1.99. The van der Waals surface area contributed by atoms with Crippen LogP contribution in [-0.2, 0) is 13.2 Å². The van der Waals surface area contributed by atoms with Gasteiger partial charge in [-0.1, -0.05) is 48.5 Å². The van der Waals surface area contributed by atoms with Crippen molar-refractivity contribution in [2.24, 2.45) is 0 Å². The number of hydrogen-bond acceptors (Lipinski definition) is 5. The monoisotopic (exact) mass is 386 g/mol. The largest absolute Gasteiger partial charge is 0.478 e. The Morgan fingerprint density at radius 1 is 0.690 bits per heavy atom. The van der Waals surface area contributed by atoms with Crippen LogP contribution in [0.15, 0.2) is 66.7 Å². The average molecular weight is 386 g/mol. The molecule has 0 atom stereocenters. The molecule has 4 aromatic rings. The van der Waals surface area contributed by atoms with Gasteiger partial charge in [-0.05, 0) is 29.3 Å². The molecule has 6 heteroatoms. The quantitative estimate of drug-likeness (QED) is 0.484. The van der Waals surface area contributed by atoms with Crippen molar-refractivity contribution in [2.45, 2.75) is 13.2 Å². The van der Waals surface area contributed by atoms with Gasteiger partial charge in [-0.3, -0.25) is 0 Å². The molecule has 1 aromatic heterocycles. The summed E-state index contributed by atoms with van der Waals surface area (Å²) in [6.07, 6.45) is 0. The zero-order valence-electron chi connectivity index (χ0n) is 15.4. The number of carboxylic acids is 1. The fourth-order valence-electron chi connectivity index (χ4n) is 3.13. The highest BCUT2D eigenvalue weighted by molar-refractivity contribution is 5.94. The molecule has 1 heterocycles. The lowest BCUT2D eigenvalue weighted by atomic mass is 10.0. The molecule has 3 N–H and O–H groups in total. The number of hydrogen-bond donors (Lipinski definition) is 3. The summed E-state index contributed by atoms with van der Waals surface area (Å²) in [6, 6.07) is 19.4. The van der Waals surface area contributed by atoms with Crippen LogP contribution in [0.2, 0.25) is 0 Å². The molecule has 0 aliphatic rings. The number of aliphatic hydroxyl groups is 2. The van der Waals surface area contributed by atoms with Crippen LogP contribution in [0, 0.1) is 0 Å². The van der Waals surface area contributed by atoms with Gasteiger partial charge in [-0.2, -0.15) is 0 Å². The fraction of sp³-hybridized carbons (Fsp3) is 0.0870. The highest BCUT2D eigenvalue weighted by Crippen LogP contribution is 2.31. The molecule has 0 amide bonds. The summed E-state index contributed by atoms with van der Waals surface area (Å²) in [5, 5.41) is 27.9. The number of aromatic carboxylic acids is 1. The summed E-state index contributed by atoms with van der Waals surface area (Å²) < 4.78 is 0. The van der Waals surface area contributed by atoms with Crippen LogP contribution >= 0.6 is 0 Å². The predicted molar refractivity (Wildman–Crippen MR) is 109 cm³/mol. The summed E-state index contributed by atoms with van der Waals surface area (Å²) in [6.45, 7) is -0.0990. The molecule has 0 radical (unpaired) electrons. The molecular weight excluding hydrogens is 368 g/mol. The van der Waals surface area contributed by atoms with Gasteiger partial charge < -0.3 is 15.3 Å². The number of carboxylic acid groups (broad SMARTS) is 1. The summed E-state index contributed by atoms with van der Waals surface area (Å²) in [4.78, 5) is 20.8. The van der Waals surface area contributed by atoms with E-state index >= 15 is 0 Å². The van der Waals surface area contributed by atoms with Gasteiger partial charge in [0.15, 0.2) is 0 Å². The first kappa shape index (κ1) is 18.7. The minimum atomic E-state index is -1.02.